The van der Waals surface area contributed by atoms with E-state index in [0.717, 1.165) is 5.56 Å². The SMILES string of the molecule is COCCn1ccnc1Nc1ccc(C)cc1F. The number of nitrogens with one attached hydrogen (secondary N) is 1. The Morgan fingerprint density at radius 1 is 1.44 bits per heavy atom. The molecule has 0 saturated carbocycles. The Labute approximate surface area is 105 Å². The summed E-state index contributed by atoms with van der Waals surface area (Å²) in [7, 11) is 1.64. The Morgan fingerprint density at radius 2 is 2.28 bits per heavy atom. The molecule has 96 valence electrons. The van der Waals surface area contributed by atoms with Gasteiger partial charge >= 0.3 is 0 Å². The summed E-state index contributed by atoms with van der Waals surface area (Å²) in [5.41, 5.74) is 1.31. The van der Waals surface area contributed by atoms with E-state index in [9.17, 15) is 4.39 Å². The summed E-state index contributed by atoms with van der Waals surface area (Å²) >= 11 is 0. The standard InChI is InChI=1S/C13H16FN3O/c1-10-3-4-12(11(14)9-10)16-13-15-5-6-17(13)7-8-18-2/h3-6,9H,7-8H2,1-2H3,(H,15,16). The van der Waals surface area contributed by atoms with Gasteiger partial charge < -0.3 is 14.6 Å². The van der Waals surface area contributed by atoms with Crippen molar-refractivity contribution >= 4 is 11.6 Å². The number of anilines is 2. The van der Waals surface area contributed by atoms with E-state index in [1.54, 1.807) is 19.4 Å². The van der Waals surface area contributed by atoms with Crippen molar-refractivity contribution in [3.05, 3.63) is 42.0 Å². The third-order valence-electron chi connectivity index (χ3n) is 2.62. The summed E-state index contributed by atoms with van der Waals surface area (Å²) in [6, 6.07) is 5.05. The lowest BCUT2D eigenvalue weighted by Gasteiger charge is -2.10. The number of aryl methyl sites for hydroxylation is 1. The third kappa shape index (κ3) is 2.87. The lowest BCUT2D eigenvalue weighted by Crippen LogP contribution is -2.07. The maximum atomic E-state index is 13.7. The van der Waals surface area contributed by atoms with E-state index in [0.29, 0.717) is 24.8 Å². The minimum absolute atomic E-state index is 0.281. The molecular formula is C13H16FN3O. The zero-order chi connectivity index (χ0) is 13.0. The molecule has 0 fully saturated rings. The molecule has 0 radical (unpaired) electrons. The fourth-order valence-corrected chi connectivity index (χ4v) is 1.65. The van der Waals surface area contributed by atoms with Crippen molar-refractivity contribution in [1.82, 2.24) is 9.55 Å². The van der Waals surface area contributed by atoms with Gasteiger partial charge in [0.2, 0.25) is 5.95 Å². The topological polar surface area (TPSA) is 39.1 Å². The highest BCUT2D eigenvalue weighted by atomic mass is 19.1. The van der Waals surface area contributed by atoms with Gasteiger partial charge in [-0.25, -0.2) is 9.37 Å². The van der Waals surface area contributed by atoms with Gasteiger partial charge in [0, 0.05) is 26.0 Å². The number of nitrogens with zero attached hydrogens (tertiary/aromatic N) is 2. The summed E-state index contributed by atoms with van der Waals surface area (Å²) in [5.74, 6) is 0.325. The zero-order valence-electron chi connectivity index (χ0n) is 10.5. The van der Waals surface area contributed by atoms with Crippen LogP contribution >= 0.6 is 0 Å². The predicted molar refractivity (Wildman–Crippen MR) is 68.5 cm³/mol. The minimum atomic E-state index is -0.281. The van der Waals surface area contributed by atoms with Crippen LogP contribution in [-0.2, 0) is 11.3 Å². The van der Waals surface area contributed by atoms with E-state index in [4.69, 9.17) is 4.74 Å². The molecule has 0 amide bonds. The molecule has 4 nitrogen and oxygen atoms in total. The summed E-state index contributed by atoms with van der Waals surface area (Å²) in [6.07, 6.45) is 3.50. The van der Waals surface area contributed by atoms with E-state index in [1.807, 2.05) is 23.8 Å². The number of hydrogen-bond donors (Lipinski definition) is 1. The van der Waals surface area contributed by atoms with E-state index < -0.39 is 0 Å². The van der Waals surface area contributed by atoms with Crippen molar-refractivity contribution in [2.24, 2.45) is 0 Å². The molecule has 0 spiro atoms. The molecule has 18 heavy (non-hydrogen) atoms. The molecule has 2 rings (SSSR count). The van der Waals surface area contributed by atoms with Gasteiger partial charge in [0.25, 0.3) is 0 Å². The maximum absolute atomic E-state index is 13.7. The molecule has 1 N–H and O–H groups in total. The first-order chi connectivity index (χ1) is 8.70. The highest BCUT2D eigenvalue weighted by Gasteiger charge is 2.06. The molecule has 0 aliphatic rings. The van der Waals surface area contributed by atoms with Crippen LogP contribution < -0.4 is 5.32 Å². The molecule has 2 aromatic rings. The van der Waals surface area contributed by atoms with Crippen LogP contribution in [0.5, 0.6) is 0 Å². The molecule has 1 heterocycles. The number of imidazole rings is 1. The normalized spacial score (nSPS) is 10.6. The molecule has 1 aromatic carbocycles. The van der Waals surface area contributed by atoms with Gasteiger partial charge in [-0.15, -0.1) is 0 Å². The highest BCUT2D eigenvalue weighted by Crippen LogP contribution is 2.19. The second kappa shape index (κ2) is 5.64. The Bertz CT molecular complexity index is 525. The van der Waals surface area contributed by atoms with Crippen LogP contribution in [-0.4, -0.2) is 23.3 Å². The number of ether oxygens (including phenoxy) is 1. The number of rotatable bonds is 5. The molecule has 1 aromatic heterocycles. The molecule has 0 atom stereocenters. The monoisotopic (exact) mass is 249 g/mol. The second-order valence-corrected chi connectivity index (χ2v) is 4.05. The van der Waals surface area contributed by atoms with Gasteiger partial charge in [0.05, 0.1) is 12.3 Å². The number of halogens is 1. The highest BCUT2D eigenvalue weighted by molar-refractivity contribution is 5.55. The van der Waals surface area contributed by atoms with Gasteiger partial charge in [-0.2, -0.15) is 0 Å². The molecule has 0 saturated heterocycles. The van der Waals surface area contributed by atoms with Crippen LogP contribution in [0.25, 0.3) is 0 Å². The lowest BCUT2D eigenvalue weighted by molar-refractivity contribution is 0.188. The Hall–Kier alpha value is -1.88. The fourth-order valence-electron chi connectivity index (χ4n) is 1.65. The molecular weight excluding hydrogens is 233 g/mol. The Balaban J connectivity index is 2.15. The summed E-state index contributed by atoms with van der Waals surface area (Å²) in [6.45, 7) is 3.11. The third-order valence-corrected chi connectivity index (χ3v) is 2.62. The minimum Gasteiger partial charge on any atom is -0.383 e. The van der Waals surface area contributed by atoms with E-state index in [1.165, 1.54) is 6.07 Å². The van der Waals surface area contributed by atoms with Crippen LogP contribution in [0.3, 0.4) is 0 Å². The first-order valence-electron chi connectivity index (χ1n) is 5.74. The Kier molecular flexibility index (Phi) is 3.94. The van der Waals surface area contributed by atoms with Crippen molar-refractivity contribution in [1.29, 1.82) is 0 Å². The van der Waals surface area contributed by atoms with Gasteiger partial charge in [0.1, 0.15) is 5.82 Å². The van der Waals surface area contributed by atoms with Crippen LogP contribution in [0.15, 0.2) is 30.6 Å². The molecule has 0 bridgehead atoms. The quantitative estimate of drug-likeness (QED) is 0.885. The lowest BCUT2D eigenvalue weighted by atomic mass is 10.2. The average molecular weight is 249 g/mol. The number of aromatic nitrogens is 2. The predicted octanol–water partition coefficient (Wildman–Crippen LogP) is 2.72. The van der Waals surface area contributed by atoms with Crippen molar-refractivity contribution in [2.45, 2.75) is 13.5 Å². The van der Waals surface area contributed by atoms with Crippen LogP contribution in [0.1, 0.15) is 5.56 Å². The van der Waals surface area contributed by atoms with Crippen molar-refractivity contribution in [3.63, 3.8) is 0 Å². The first kappa shape index (κ1) is 12.6. The van der Waals surface area contributed by atoms with Crippen LogP contribution in [0.2, 0.25) is 0 Å². The number of methoxy groups -OCH3 is 1. The summed E-state index contributed by atoms with van der Waals surface area (Å²) in [5, 5.41) is 2.98. The molecule has 5 heteroatoms. The van der Waals surface area contributed by atoms with E-state index >= 15 is 0 Å². The molecule has 0 aliphatic heterocycles. The summed E-state index contributed by atoms with van der Waals surface area (Å²) in [4.78, 5) is 4.16. The molecule has 0 aliphatic carbocycles. The fraction of sp³-hybridized carbons (Fsp3) is 0.308. The van der Waals surface area contributed by atoms with Gasteiger partial charge in [-0.3, -0.25) is 0 Å². The zero-order valence-corrected chi connectivity index (χ0v) is 10.5. The van der Waals surface area contributed by atoms with Crippen molar-refractivity contribution < 1.29 is 9.13 Å². The van der Waals surface area contributed by atoms with Crippen molar-refractivity contribution in [2.75, 3.05) is 19.0 Å². The first-order valence-corrected chi connectivity index (χ1v) is 5.74. The van der Waals surface area contributed by atoms with Gasteiger partial charge in [0.15, 0.2) is 0 Å². The van der Waals surface area contributed by atoms with Crippen molar-refractivity contribution in [3.8, 4) is 0 Å². The smallest absolute Gasteiger partial charge is 0.207 e. The van der Waals surface area contributed by atoms with Crippen LogP contribution in [0.4, 0.5) is 16.0 Å². The number of benzene rings is 1. The van der Waals surface area contributed by atoms with E-state index in [-0.39, 0.29) is 5.82 Å². The number of hydrogen-bond acceptors (Lipinski definition) is 3. The van der Waals surface area contributed by atoms with Gasteiger partial charge in [-0.1, -0.05) is 6.07 Å². The van der Waals surface area contributed by atoms with Crippen LogP contribution in [0, 0.1) is 12.7 Å². The maximum Gasteiger partial charge on any atom is 0.207 e. The average Bonchev–Trinajstić information content (AvgIpc) is 2.77. The second-order valence-electron chi connectivity index (χ2n) is 4.05. The van der Waals surface area contributed by atoms with E-state index in [2.05, 4.69) is 10.3 Å². The Morgan fingerprint density at radius 3 is 3.00 bits per heavy atom. The summed E-state index contributed by atoms with van der Waals surface area (Å²) < 4.78 is 20.6. The molecule has 0 unspecified atom stereocenters. The largest absolute Gasteiger partial charge is 0.383 e. The van der Waals surface area contributed by atoms with Gasteiger partial charge in [-0.05, 0) is 24.6 Å².